The van der Waals surface area contributed by atoms with E-state index >= 15 is 0 Å². The van der Waals surface area contributed by atoms with Gasteiger partial charge in [-0.25, -0.2) is 4.39 Å². The number of nitrogens with zero attached hydrogens (tertiary/aromatic N) is 1. The van der Waals surface area contributed by atoms with E-state index in [1.807, 2.05) is 0 Å². The van der Waals surface area contributed by atoms with Gasteiger partial charge in [0.1, 0.15) is 5.82 Å². The van der Waals surface area contributed by atoms with Crippen molar-refractivity contribution in [2.45, 2.75) is 64.2 Å². The summed E-state index contributed by atoms with van der Waals surface area (Å²) in [5.74, 6) is 0.635. The number of carbonyl (C=O) groups is 2. The van der Waals surface area contributed by atoms with Crippen molar-refractivity contribution >= 4 is 11.6 Å². The van der Waals surface area contributed by atoms with E-state index in [0.29, 0.717) is 23.7 Å². The molecule has 2 aliphatic carbocycles. The molecule has 1 fully saturated rings. The molecule has 1 aliphatic heterocycles. The van der Waals surface area contributed by atoms with E-state index in [9.17, 15) is 14.0 Å². The molecule has 0 bridgehead atoms. The third kappa shape index (κ3) is 4.32. The molecule has 0 radical (unpaired) electrons. The molecule has 1 aromatic heterocycles. The smallest absolute Gasteiger partial charge is 0.169 e. The molecule has 32 heavy (non-hydrogen) atoms. The lowest BCUT2D eigenvalue weighted by atomic mass is 9.72. The minimum absolute atomic E-state index is 0.0594. The van der Waals surface area contributed by atoms with Crippen molar-refractivity contribution in [2.75, 3.05) is 19.6 Å². The number of fused-ring (bicyclic) bond motifs is 4. The topological polar surface area (TPSA) is 53.2 Å². The molecule has 3 aliphatic rings. The highest BCUT2D eigenvalue weighted by Crippen LogP contribution is 2.39. The monoisotopic (exact) mass is 436 g/mol. The fourth-order valence-electron chi connectivity index (χ4n) is 6.05. The number of likely N-dealkylation sites (tertiary alicyclic amines) is 1. The maximum absolute atomic E-state index is 13.6. The van der Waals surface area contributed by atoms with Gasteiger partial charge in [0.25, 0.3) is 0 Å². The van der Waals surface area contributed by atoms with Crippen LogP contribution in [0.4, 0.5) is 4.39 Å². The number of hydrogen-bond acceptors (Lipinski definition) is 3. The van der Waals surface area contributed by atoms with E-state index in [1.165, 1.54) is 54.8 Å². The Kier molecular flexibility index (Phi) is 6.27. The summed E-state index contributed by atoms with van der Waals surface area (Å²) in [6.45, 7) is 2.64. The number of aromatic nitrogens is 1. The summed E-state index contributed by atoms with van der Waals surface area (Å²) >= 11 is 0. The molecule has 1 N–H and O–H groups in total. The van der Waals surface area contributed by atoms with Crippen molar-refractivity contribution in [1.82, 2.24) is 9.88 Å². The predicted octanol–water partition coefficient (Wildman–Crippen LogP) is 5.15. The molecule has 2 atom stereocenters. The highest BCUT2D eigenvalue weighted by Gasteiger charge is 2.41. The Bertz CT molecular complexity index is 994. The molecule has 5 rings (SSSR count). The average Bonchev–Trinajstić information content (AvgIpc) is 3.11. The number of nitrogens with one attached hydrogen (secondary N) is 1. The van der Waals surface area contributed by atoms with Crippen LogP contribution in [0.15, 0.2) is 24.3 Å². The molecule has 0 amide bonds. The fraction of sp³-hybridized carbons (Fsp3) is 0.556. The molecule has 2 heterocycles. The number of aromatic amines is 1. The zero-order valence-corrected chi connectivity index (χ0v) is 18.8. The first kappa shape index (κ1) is 21.6. The first-order chi connectivity index (χ1) is 15.6. The molecule has 0 saturated carbocycles. The van der Waals surface area contributed by atoms with Crippen molar-refractivity contribution in [1.29, 1.82) is 0 Å². The molecule has 1 aromatic carbocycles. The molecular weight excluding hydrogens is 403 g/mol. The summed E-state index contributed by atoms with van der Waals surface area (Å²) in [5.41, 5.74) is 5.48. The molecule has 5 heteroatoms. The van der Waals surface area contributed by atoms with E-state index in [4.69, 9.17) is 0 Å². The molecular formula is C27H33FN2O2. The van der Waals surface area contributed by atoms with E-state index in [2.05, 4.69) is 9.88 Å². The van der Waals surface area contributed by atoms with Gasteiger partial charge in [0.15, 0.2) is 11.6 Å². The SMILES string of the molecule is O=C(CCCN1CC[C@H]2Cc3[nH]c4c(c3C(=O)[C@@H]2C1)CCCCCC4)c1ccc(F)cc1. The van der Waals surface area contributed by atoms with E-state index in [1.54, 1.807) is 12.1 Å². The molecule has 2 aromatic rings. The van der Waals surface area contributed by atoms with Crippen LogP contribution >= 0.6 is 0 Å². The lowest BCUT2D eigenvalue weighted by Gasteiger charge is -2.40. The summed E-state index contributed by atoms with van der Waals surface area (Å²) in [6, 6.07) is 5.79. The van der Waals surface area contributed by atoms with Gasteiger partial charge in [0, 0.05) is 41.4 Å². The van der Waals surface area contributed by atoms with Crippen LogP contribution in [-0.4, -0.2) is 41.1 Å². The number of hydrogen-bond donors (Lipinski definition) is 1. The van der Waals surface area contributed by atoms with Crippen LogP contribution in [0.5, 0.6) is 0 Å². The number of Topliss-reactive ketones (excluding diaryl/α,β-unsaturated/α-hetero) is 2. The normalized spacial score (nSPS) is 23.6. The van der Waals surface area contributed by atoms with E-state index in [-0.39, 0.29) is 17.5 Å². The summed E-state index contributed by atoms with van der Waals surface area (Å²) in [6.07, 6.45) is 10.4. The predicted molar refractivity (Wildman–Crippen MR) is 123 cm³/mol. The largest absolute Gasteiger partial charge is 0.361 e. The summed E-state index contributed by atoms with van der Waals surface area (Å²) in [7, 11) is 0. The van der Waals surface area contributed by atoms with Crippen LogP contribution in [0.3, 0.4) is 0 Å². The van der Waals surface area contributed by atoms with Crippen molar-refractivity contribution in [3.63, 3.8) is 0 Å². The van der Waals surface area contributed by atoms with Crippen molar-refractivity contribution < 1.29 is 14.0 Å². The number of H-pyrrole nitrogens is 1. The Morgan fingerprint density at radius 1 is 1.06 bits per heavy atom. The number of ketones is 2. The number of piperidine rings is 1. The van der Waals surface area contributed by atoms with Crippen LogP contribution in [-0.2, 0) is 19.3 Å². The first-order valence-corrected chi connectivity index (χ1v) is 12.4. The zero-order chi connectivity index (χ0) is 22.1. The van der Waals surface area contributed by atoms with Gasteiger partial charge < -0.3 is 9.88 Å². The van der Waals surface area contributed by atoms with Crippen LogP contribution in [0.2, 0.25) is 0 Å². The Morgan fingerprint density at radius 3 is 2.66 bits per heavy atom. The van der Waals surface area contributed by atoms with Gasteiger partial charge in [-0.15, -0.1) is 0 Å². The second kappa shape index (κ2) is 9.30. The number of halogens is 1. The highest BCUT2D eigenvalue weighted by atomic mass is 19.1. The molecule has 0 unspecified atom stereocenters. The lowest BCUT2D eigenvalue weighted by molar-refractivity contribution is 0.0652. The summed E-state index contributed by atoms with van der Waals surface area (Å²) < 4.78 is 13.1. The number of carbonyl (C=O) groups excluding carboxylic acids is 2. The first-order valence-electron chi connectivity index (χ1n) is 12.4. The van der Waals surface area contributed by atoms with Gasteiger partial charge in [-0.3, -0.25) is 9.59 Å². The van der Waals surface area contributed by atoms with Crippen LogP contribution in [0, 0.1) is 17.7 Å². The standard InChI is InChI=1S/C27H33FN2O2/c28-20-11-9-18(10-12-20)25(31)8-5-14-30-15-13-19-16-24-26(27(32)22(19)17-30)21-6-3-1-2-4-7-23(21)29-24/h9-12,19,22,29H,1-8,13-17H2/t19-,22+/m0/s1. The van der Waals surface area contributed by atoms with E-state index in [0.717, 1.165) is 57.3 Å². The second-order valence-electron chi connectivity index (χ2n) is 9.91. The van der Waals surface area contributed by atoms with E-state index < -0.39 is 0 Å². The van der Waals surface area contributed by atoms with Gasteiger partial charge >= 0.3 is 0 Å². The molecule has 170 valence electrons. The molecule has 0 spiro atoms. The quantitative estimate of drug-likeness (QED) is 0.660. The third-order valence-electron chi connectivity index (χ3n) is 7.81. The molecule has 4 nitrogen and oxygen atoms in total. The number of aryl methyl sites for hydroxylation is 1. The lowest BCUT2D eigenvalue weighted by Crippen LogP contribution is -2.47. The Morgan fingerprint density at radius 2 is 1.84 bits per heavy atom. The van der Waals surface area contributed by atoms with Crippen molar-refractivity contribution in [3.8, 4) is 0 Å². The fourth-order valence-corrected chi connectivity index (χ4v) is 6.05. The Balaban J connectivity index is 1.21. The van der Waals surface area contributed by atoms with Gasteiger partial charge in [0.05, 0.1) is 0 Å². The molecule has 1 saturated heterocycles. The van der Waals surface area contributed by atoms with Gasteiger partial charge in [0.2, 0.25) is 0 Å². The van der Waals surface area contributed by atoms with Crippen LogP contribution in [0.1, 0.15) is 82.6 Å². The third-order valence-corrected chi connectivity index (χ3v) is 7.81. The van der Waals surface area contributed by atoms with Crippen molar-refractivity contribution in [2.24, 2.45) is 11.8 Å². The minimum Gasteiger partial charge on any atom is -0.361 e. The maximum atomic E-state index is 13.6. The summed E-state index contributed by atoms with van der Waals surface area (Å²) in [5, 5.41) is 0. The Labute approximate surface area is 189 Å². The second-order valence-corrected chi connectivity index (χ2v) is 9.91. The van der Waals surface area contributed by atoms with Crippen LogP contribution < -0.4 is 0 Å². The van der Waals surface area contributed by atoms with Gasteiger partial charge in [-0.2, -0.15) is 0 Å². The number of rotatable bonds is 5. The Hall–Kier alpha value is -2.27. The minimum atomic E-state index is -0.320. The van der Waals surface area contributed by atoms with Gasteiger partial charge in [-0.05, 0) is 93.8 Å². The average molecular weight is 437 g/mol. The van der Waals surface area contributed by atoms with Gasteiger partial charge in [-0.1, -0.05) is 12.8 Å². The highest BCUT2D eigenvalue weighted by molar-refractivity contribution is 6.02. The summed E-state index contributed by atoms with van der Waals surface area (Å²) in [4.78, 5) is 32.0. The van der Waals surface area contributed by atoms with Crippen LogP contribution in [0.25, 0.3) is 0 Å². The number of benzene rings is 1. The van der Waals surface area contributed by atoms with Crippen molar-refractivity contribution in [3.05, 3.63) is 58.2 Å². The zero-order valence-electron chi connectivity index (χ0n) is 18.8. The maximum Gasteiger partial charge on any atom is 0.169 e.